The number of carbonyl (C=O) groups excluding carboxylic acids is 2. The van der Waals surface area contributed by atoms with E-state index in [2.05, 4.69) is 10.6 Å². The highest BCUT2D eigenvalue weighted by Gasteiger charge is 2.26. The Bertz CT molecular complexity index is 720. The van der Waals surface area contributed by atoms with Crippen LogP contribution in [0.25, 0.3) is 0 Å². The molecule has 24 heavy (non-hydrogen) atoms. The summed E-state index contributed by atoms with van der Waals surface area (Å²) in [5.41, 5.74) is 1.01. The van der Waals surface area contributed by atoms with E-state index in [1.807, 2.05) is 0 Å². The number of morpholine rings is 1. The van der Waals surface area contributed by atoms with Crippen LogP contribution in [0.4, 0.5) is 10.5 Å². The number of Topliss-reactive ketones (excluding diaryl/α,β-unsaturated/α-hetero) is 1. The lowest BCUT2D eigenvalue weighted by atomic mass is 10.1. The van der Waals surface area contributed by atoms with Crippen molar-refractivity contribution in [1.82, 2.24) is 9.62 Å². The predicted molar refractivity (Wildman–Crippen MR) is 89.6 cm³/mol. The second-order valence-corrected chi connectivity index (χ2v) is 7.57. The van der Waals surface area contributed by atoms with E-state index in [4.69, 9.17) is 4.74 Å². The Morgan fingerprint density at radius 2 is 2.12 bits per heavy atom. The zero-order valence-corrected chi connectivity index (χ0v) is 14.4. The van der Waals surface area contributed by atoms with Crippen LogP contribution in [0.15, 0.2) is 24.3 Å². The summed E-state index contributed by atoms with van der Waals surface area (Å²) in [4.78, 5) is 23.2. The van der Waals surface area contributed by atoms with Crippen LogP contribution in [0.5, 0.6) is 0 Å². The van der Waals surface area contributed by atoms with Gasteiger partial charge in [0.2, 0.25) is 10.0 Å². The number of ether oxygens (including phenoxy) is 1. The Labute approximate surface area is 141 Å². The lowest BCUT2D eigenvalue weighted by molar-refractivity contribution is 0.00167. The van der Waals surface area contributed by atoms with Gasteiger partial charge in [0, 0.05) is 30.9 Å². The number of urea groups is 1. The van der Waals surface area contributed by atoms with Gasteiger partial charge in [0.25, 0.3) is 0 Å². The number of rotatable bonds is 5. The third-order valence-electron chi connectivity index (χ3n) is 3.59. The van der Waals surface area contributed by atoms with Crippen molar-refractivity contribution in [2.45, 2.75) is 13.0 Å². The van der Waals surface area contributed by atoms with E-state index in [0.29, 0.717) is 24.4 Å². The summed E-state index contributed by atoms with van der Waals surface area (Å²) >= 11 is 0. The Hall–Kier alpha value is -1.97. The molecule has 1 heterocycles. The molecule has 0 spiro atoms. The number of carbonyl (C=O) groups is 2. The maximum absolute atomic E-state index is 11.9. The van der Waals surface area contributed by atoms with Gasteiger partial charge in [0.1, 0.15) is 0 Å². The van der Waals surface area contributed by atoms with Gasteiger partial charge in [-0.25, -0.2) is 13.2 Å². The van der Waals surface area contributed by atoms with Crippen LogP contribution < -0.4 is 10.6 Å². The number of amides is 2. The van der Waals surface area contributed by atoms with Gasteiger partial charge in [0.05, 0.1) is 19.0 Å². The molecule has 0 bridgehead atoms. The predicted octanol–water partition coefficient (Wildman–Crippen LogP) is 0.671. The molecule has 2 amide bonds. The normalized spacial score (nSPS) is 18.8. The molecule has 2 rings (SSSR count). The first-order valence-electron chi connectivity index (χ1n) is 7.48. The third-order valence-corrected chi connectivity index (χ3v) is 4.86. The van der Waals surface area contributed by atoms with Gasteiger partial charge in [-0.15, -0.1) is 0 Å². The third kappa shape index (κ3) is 5.29. The molecule has 0 radical (unpaired) electrons. The van der Waals surface area contributed by atoms with Crippen LogP contribution in [0, 0.1) is 0 Å². The van der Waals surface area contributed by atoms with Crippen LogP contribution in [0.1, 0.15) is 17.3 Å². The number of hydrogen-bond acceptors (Lipinski definition) is 5. The van der Waals surface area contributed by atoms with Gasteiger partial charge in [-0.1, -0.05) is 12.1 Å². The fourth-order valence-corrected chi connectivity index (χ4v) is 3.16. The molecule has 1 fully saturated rings. The van der Waals surface area contributed by atoms with Crippen molar-refractivity contribution in [3.8, 4) is 0 Å². The standard InChI is InChI=1S/C15H21N3O5S/c1-11(19)12-4-3-5-13(8-12)17-15(20)16-9-14-10-18(6-7-23-14)24(2,21)22/h3-5,8,14H,6-7,9-10H2,1-2H3,(H2,16,17,20)/t14-/m1/s1. The monoisotopic (exact) mass is 355 g/mol. The Morgan fingerprint density at radius 1 is 1.38 bits per heavy atom. The minimum Gasteiger partial charge on any atom is -0.374 e. The molecular formula is C15H21N3O5S. The topological polar surface area (TPSA) is 105 Å². The lowest BCUT2D eigenvalue weighted by Crippen LogP contribution is -2.49. The van der Waals surface area contributed by atoms with Crippen molar-refractivity contribution in [3.05, 3.63) is 29.8 Å². The molecule has 1 saturated heterocycles. The first-order chi connectivity index (χ1) is 11.3. The van der Waals surface area contributed by atoms with Gasteiger partial charge in [-0.3, -0.25) is 4.79 Å². The summed E-state index contributed by atoms with van der Waals surface area (Å²) in [6, 6.07) is 6.16. The fraction of sp³-hybridized carbons (Fsp3) is 0.467. The van der Waals surface area contributed by atoms with E-state index in [0.717, 1.165) is 6.26 Å². The van der Waals surface area contributed by atoms with Crippen molar-refractivity contribution >= 4 is 27.5 Å². The highest BCUT2D eigenvalue weighted by atomic mass is 32.2. The molecule has 1 aliphatic heterocycles. The summed E-state index contributed by atoms with van der Waals surface area (Å²) in [7, 11) is -3.27. The Balaban J connectivity index is 1.85. The molecule has 0 saturated carbocycles. The molecule has 1 aliphatic rings. The first-order valence-corrected chi connectivity index (χ1v) is 9.33. The van der Waals surface area contributed by atoms with E-state index in [9.17, 15) is 18.0 Å². The van der Waals surface area contributed by atoms with Gasteiger partial charge in [0.15, 0.2) is 5.78 Å². The second kappa shape index (κ2) is 7.73. The van der Waals surface area contributed by atoms with Crippen LogP contribution in [0.3, 0.4) is 0 Å². The molecule has 0 aliphatic carbocycles. The zero-order chi connectivity index (χ0) is 17.7. The maximum atomic E-state index is 11.9. The Kier molecular flexibility index (Phi) is 5.92. The van der Waals surface area contributed by atoms with Crippen molar-refractivity contribution in [1.29, 1.82) is 0 Å². The Morgan fingerprint density at radius 3 is 2.79 bits per heavy atom. The van der Waals surface area contributed by atoms with E-state index in [-0.39, 0.29) is 18.9 Å². The summed E-state index contributed by atoms with van der Waals surface area (Å²) in [6.45, 7) is 2.46. The molecule has 1 aromatic rings. The number of benzene rings is 1. The first kappa shape index (κ1) is 18.4. The van der Waals surface area contributed by atoms with Gasteiger partial charge >= 0.3 is 6.03 Å². The number of anilines is 1. The zero-order valence-electron chi connectivity index (χ0n) is 13.6. The fourth-order valence-electron chi connectivity index (χ4n) is 2.31. The minimum absolute atomic E-state index is 0.0875. The maximum Gasteiger partial charge on any atom is 0.319 e. The van der Waals surface area contributed by atoms with Crippen LogP contribution in [-0.4, -0.2) is 63.1 Å². The summed E-state index contributed by atoms with van der Waals surface area (Å²) in [6.07, 6.45) is 0.750. The van der Waals surface area contributed by atoms with Gasteiger partial charge in [-0.2, -0.15) is 4.31 Å². The number of nitrogens with one attached hydrogen (secondary N) is 2. The summed E-state index contributed by atoms with van der Waals surface area (Å²) in [5.74, 6) is -0.0875. The smallest absolute Gasteiger partial charge is 0.319 e. The molecule has 0 aromatic heterocycles. The van der Waals surface area contributed by atoms with Gasteiger partial charge in [-0.05, 0) is 19.1 Å². The highest BCUT2D eigenvalue weighted by molar-refractivity contribution is 7.88. The molecule has 0 unspecified atom stereocenters. The molecule has 2 N–H and O–H groups in total. The molecule has 1 aromatic carbocycles. The van der Waals surface area contributed by atoms with Crippen molar-refractivity contribution in [3.63, 3.8) is 0 Å². The van der Waals surface area contributed by atoms with Crippen LogP contribution in [0.2, 0.25) is 0 Å². The quantitative estimate of drug-likeness (QED) is 0.756. The van der Waals surface area contributed by atoms with Crippen molar-refractivity contribution < 1.29 is 22.7 Å². The van der Waals surface area contributed by atoms with Gasteiger partial charge < -0.3 is 15.4 Å². The highest BCUT2D eigenvalue weighted by Crippen LogP contribution is 2.11. The average Bonchev–Trinajstić information content (AvgIpc) is 2.52. The minimum atomic E-state index is -3.27. The molecule has 1 atom stereocenters. The van der Waals surface area contributed by atoms with E-state index < -0.39 is 22.2 Å². The second-order valence-electron chi connectivity index (χ2n) is 5.59. The molecule has 9 heteroatoms. The number of nitrogens with zero attached hydrogens (tertiary/aromatic N) is 1. The van der Waals surface area contributed by atoms with E-state index in [1.54, 1.807) is 24.3 Å². The van der Waals surface area contributed by atoms with Crippen molar-refractivity contribution in [2.24, 2.45) is 0 Å². The molecular weight excluding hydrogens is 334 g/mol. The molecule has 132 valence electrons. The number of hydrogen-bond donors (Lipinski definition) is 2. The largest absolute Gasteiger partial charge is 0.374 e. The lowest BCUT2D eigenvalue weighted by Gasteiger charge is -2.31. The SMILES string of the molecule is CC(=O)c1cccc(NC(=O)NC[C@@H]2CN(S(C)(=O)=O)CCO2)c1. The van der Waals surface area contributed by atoms with Crippen molar-refractivity contribution in [2.75, 3.05) is 37.8 Å². The van der Waals surface area contributed by atoms with E-state index >= 15 is 0 Å². The van der Waals surface area contributed by atoms with Crippen LogP contribution in [-0.2, 0) is 14.8 Å². The number of sulfonamides is 1. The van der Waals surface area contributed by atoms with Crippen LogP contribution >= 0.6 is 0 Å². The molecule has 8 nitrogen and oxygen atoms in total. The number of ketones is 1. The summed E-state index contributed by atoms with van der Waals surface area (Å²) in [5, 5.41) is 5.27. The average molecular weight is 355 g/mol. The van der Waals surface area contributed by atoms with E-state index in [1.165, 1.54) is 11.2 Å². The summed E-state index contributed by atoms with van der Waals surface area (Å²) < 4.78 is 29.9.